The van der Waals surface area contributed by atoms with E-state index in [1.807, 2.05) is 11.8 Å². The Morgan fingerprint density at radius 3 is 2.41 bits per heavy atom. The summed E-state index contributed by atoms with van der Waals surface area (Å²) in [7, 11) is 0. The van der Waals surface area contributed by atoms with Crippen molar-refractivity contribution in [2.45, 2.75) is 19.9 Å². The Morgan fingerprint density at radius 1 is 1.18 bits per heavy atom. The van der Waals surface area contributed by atoms with Gasteiger partial charge in [-0.1, -0.05) is 29.3 Å². The predicted octanol–water partition coefficient (Wildman–Crippen LogP) is 2.48. The largest absolute Gasteiger partial charge is 0.340 e. The Labute approximate surface area is 140 Å². The van der Waals surface area contributed by atoms with Crippen LogP contribution in [0.3, 0.4) is 0 Å². The van der Waals surface area contributed by atoms with Crippen LogP contribution in [0.5, 0.6) is 0 Å². The van der Waals surface area contributed by atoms with Crippen LogP contribution in [0.1, 0.15) is 13.8 Å². The van der Waals surface area contributed by atoms with E-state index < -0.39 is 0 Å². The van der Waals surface area contributed by atoms with Crippen molar-refractivity contribution in [1.29, 1.82) is 0 Å². The van der Waals surface area contributed by atoms with Crippen molar-refractivity contribution in [3.8, 4) is 0 Å². The molecule has 1 aliphatic rings. The smallest absolute Gasteiger partial charge is 0.241 e. The highest BCUT2D eigenvalue weighted by molar-refractivity contribution is 6.44. The molecule has 7 heteroatoms. The monoisotopic (exact) mass is 343 g/mol. The first kappa shape index (κ1) is 17.1. The zero-order valence-corrected chi connectivity index (χ0v) is 14.1. The van der Waals surface area contributed by atoms with E-state index in [-0.39, 0.29) is 17.9 Å². The first-order valence-electron chi connectivity index (χ1n) is 7.14. The highest BCUT2D eigenvalue weighted by atomic mass is 35.5. The number of nitrogens with one attached hydrogen (secondary N) is 1. The van der Waals surface area contributed by atoms with Crippen molar-refractivity contribution < 1.29 is 9.59 Å². The summed E-state index contributed by atoms with van der Waals surface area (Å²) < 4.78 is 0. The fourth-order valence-corrected chi connectivity index (χ4v) is 2.78. The van der Waals surface area contributed by atoms with Crippen LogP contribution in [0.4, 0.5) is 5.69 Å². The number of halogens is 2. The zero-order valence-electron chi connectivity index (χ0n) is 12.6. The number of benzene rings is 1. The van der Waals surface area contributed by atoms with E-state index in [1.165, 1.54) is 0 Å². The molecule has 0 spiro atoms. The number of rotatable bonds is 3. The molecule has 1 heterocycles. The van der Waals surface area contributed by atoms with Crippen LogP contribution in [0, 0.1) is 0 Å². The van der Waals surface area contributed by atoms with Gasteiger partial charge in [-0.15, -0.1) is 0 Å². The Kier molecular flexibility index (Phi) is 5.67. The maximum atomic E-state index is 12.4. The second-order valence-electron chi connectivity index (χ2n) is 5.31. The normalized spacial score (nSPS) is 17.2. The Balaban J connectivity index is 1.95. The third-order valence-electron chi connectivity index (χ3n) is 3.90. The number of carbonyl (C=O) groups excluding carboxylic acids is 2. The number of nitrogens with zero attached hydrogens (tertiary/aromatic N) is 2. The van der Waals surface area contributed by atoms with Gasteiger partial charge in [-0.2, -0.15) is 0 Å². The molecule has 0 aliphatic carbocycles. The van der Waals surface area contributed by atoms with Gasteiger partial charge in [0.05, 0.1) is 21.8 Å². The molecular formula is C15H19Cl2N3O2. The second kappa shape index (κ2) is 7.31. The summed E-state index contributed by atoms with van der Waals surface area (Å²) in [5.41, 5.74) is 0.508. The quantitative estimate of drug-likeness (QED) is 0.917. The molecule has 1 unspecified atom stereocenters. The standard InChI is InChI=1S/C15H19Cl2N3O2/c1-10(19-6-8-20(9-7-19)11(2)21)15(22)18-13-5-3-4-12(16)14(13)17/h3-5,10H,6-9H2,1-2H3,(H,18,22). The maximum Gasteiger partial charge on any atom is 0.241 e. The van der Waals surface area contributed by atoms with Crippen molar-refractivity contribution in [2.75, 3.05) is 31.5 Å². The summed E-state index contributed by atoms with van der Waals surface area (Å²) in [4.78, 5) is 27.5. The lowest BCUT2D eigenvalue weighted by atomic mass is 10.2. The van der Waals surface area contributed by atoms with Gasteiger partial charge in [0, 0.05) is 33.1 Å². The molecule has 120 valence electrons. The molecule has 2 amide bonds. The summed E-state index contributed by atoms with van der Waals surface area (Å²) in [6.45, 7) is 6.05. The molecule has 2 rings (SSSR count). The van der Waals surface area contributed by atoms with Gasteiger partial charge in [0.25, 0.3) is 0 Å². The topological polar surface area (TPSA) is 52.7 Å². The first-order valence-corrected chi connectivity index (χ1v) is 7.90. The molecular weight excluding hydrogens is 325 g/mol. The number of piperazine rings is 1. The summed E-state index contributed by atoms with van der Waals surface area (Å²) in [5.74, 6) is -0.0668. The Hall–Kier alpha value is -1.30. The van der Waals surface area contributed by atoms with E-state index in [0.29, 0.717) is 41.9 Å². The third kappa shape index (κ3) is 3.91. The number of amides is 2. The van der Waals surface area contributed by atoms with E-state index in [9.17, 15) is 9.59 Å². The minimum Gasteiger partial charge on any atom is -0.340 e. The molecule has 0 bridgehead atoms. The average molecular weight is 344 g/mol. The van der Waals surface area contributed by atoms with E-state index in [2.05, 4.69) is 5.32 Å². The van der Waals surface area contributed by atoms with Gasteiger partial charge < -0.3 is 10.2 Å². The zero-order chi connectivity index (χ0) is 16.3. The van der Waals surface area contributed by atoms with E-state index in [4.69, 9.17) is 23.2 Å². The van der Waals surface area contributed by atoms with Crippen molar-refractivity contribution in [2.24, 2.45) is 0 Å². The summed E-state index contributed by atoms with van der Waals surface area (Å²) >= 11 is 12.0. The molecule has 0 aromatic heterocycles. The van der Waals surface area contributed by atoms with Crippen LogP contribution in [0.25, 0.3) is 0 Å². The van der Waals surface area contributed by atoms with Crippen LogP contribution >= 0.6 is 23.2 Å². The first-order chi connectivity index (χ1) is 10.4. The van der Waals surface area contributed by atoms with Gasteiger partial charge in [0.15, 0.2) is 0 Å². The molecule has 0 radical (unpaired) electrons. The van der Waals surface area contributed by atoms with Gasteiger partial charge in [-0.05, 0) is 19.1 Å². The molecule has 1 fully saturated rings. The van der Waals surface area contributed by atoms with Gasteiger partial charge >= 0.3 is 0 Å². The maximum absolute atomic E-state index is 12.4. The van der Waals surface area contributed by atoms with E-state index >= 15 is 0 Å². The lowest BCUT2D eigenvalue weighted by Crippen LogP contribution is -2.53. The SMILES string of the molecule is CC(=O)N1CCN(C(C)C(=O)Nc2cccc(Cl)c2Cl)CC1. The van der Waals surface area contributed by atoms with Crippen molar-refractivity contribution in [3.05, 3.63) is 28.2 Å². The second-order valence-corrected chi connectivity index (χ2v) is 6.09. The van der Waals surface area contributed by atoms with Crippen molar-refractivity contribution in [1.82, 2.24) is 9.80 Å². The molecule has 1 aromatic carbocycles. The minimum absolute atomic E-state index is 0.0717. The summed E-state index contributed by atoms with van der Waals surface area (Å²) in [5, 5.41) is 3.55. The average Bonchev–Trinajstić information content (AvgIpc) is 2.51. The van der Waals surface area contributed by atoms with Crippen LogP contribution in [-0.2, 0) is 9.59 Å². The van der Waals surface area contributed by atoms with Crippen LogP contribution in [0.2, 0.25) is 10.0 Å². The molecule has 1 saturated heterocycles. The van der Waals surface area contributed by atoms with Gasteiger partial charge in [-0.25, -0.2) is 0 Å². The number of carbonyl (C=O) groups is 2. The fourth-order valence-electron chi connectivity index (χ4n) is 2.43. The number of hydrogen-bond acceptors (Lipinski definition) is 3. The molecule has 22 heavy (non-hydrogen) atoms. The number of hydrogen-bond donors (Lipinski definition) is 1. The highest BCUT2D eigenvalue weighted by Crippen LogP contribution is 2.29. The Bertz CT molecular complexity index is 572. The Morgan fingerprint density at radius 2 is 1.82 bits per heavy atom. The van der Waals surface area contributed by atoms with Crippen LogP contribution in [0.15, 0.2) is 18.2 Å². The lowest BCUT2D eigenvalue weighted by molar-refractivity contribution is -0.131. The van der Waals surface area contributed by atoms with Gasteiger partial charge in [0.2, 0.25) is 11.8 Å². The van der Waals surface area contributed by atoms with Crippen molar-refractivity contribution in [3.63, 3.8) is 0 Å². The molecule has 1 atom stereocenters. The summed E-state index contributed by atoms with van der Waals surface area (Å²) in [6.07, 6.45) is 0. The van der Waals surface area contributed by atoms with Crippen molar-refractivity contribution >= 4 is 40.7 Å². The number of anilines is 1. The summed E-state index contributed by atoms with van der Waals surface area (Å²) in [6, 6.07) is 4.82. The van der Waals surface area contributed by atoms with E-state index in [0.717, 1.165) is 0 Å². The molecule has 1 N–H and O–H groups in total. The molecule has 1 aliphatic heterocycles. The predicted molar refractivity (Wildman–Crippen MR) is 88.4 cm³/mol. The molecule has 1 aromatic rings. The third-order valence-corrected chi connectivity index (χ3v) is 4.72. The fraction of sp³-hybridized carbons (Fsp3) is 0.467. The van der Waals surface area contributed by atoms with Gasteiger partial charge in [0.1, 0.15) is 0 Å². The van der Waals surface area contributed by atoms with E-state index in [1.54, 1.807) is 30.0 Å². The van der Waals surface area contributed by atoms with Crippen LogP contribution in [-0.4, -0.2) is 53.8 Å². The molecule has 5 nitrogen and oxygen atoms in total. The highest BCUT2D eigenvalue weighted by Gasteiger charge is 2.26. The van der Waals surface area contributed by atoms with Crippen LogP contribution < -0.4 is 5.32 Å². The molecule has 0 saturated carbocycles. The van der Waals surface area contributed by atoms with Gasteiger partial charge in [-0.3, -0.25) is 14.5 Å². The minimum atomic E-state index is -0.302. The lowest BCUT2D eigenvalue weighted by Gasteiger charge is -2.37.